The van der Waals surface area contributed by atoms with Crippen molar-refractivity contribution in [2.24, 2.45) is 0 Å². The Morgan fingerprint density at radius 1 is 1.26 bits per heavy atom. The van der Waals surface area contributed by atoms with Crippen LogP contribution in [0.4, 0.5) is 8.78 Å². The van der Waals surface area contributed by atoms with Gasteiger partial charge in [-0.15, -0.1) is 0 Å². The van der Waals surface area contributed by atoms with Crippen molar-refractivity contribution in [3.05, 3.63) is 63.1 Å². The SMILES string of the molecule is CCN1C(=O)c2c(O)c(=O)c(C(=N)SC(=N)Cc3ccc(F)cc3F)cn2N(C)C1CC(C)O. The number of benzene rings is 1. The zero-order valence-corrected chi connectivity index (χ0v) is 19.6. The average molecular weight is 494 g/mol. The van der Waals surface area contributed by atoms with Crippen molar-refractivity contribution >= 4 is 27.8 Å². The molecule has 1 aromatic carbocycles. The molecule has 2 unspecified atom stereocenters. The number of aliphatic hydroxyl groups is 1. The van der Waals surface area contributed by atoms with Gasteiger partial charge in [-0.3, -0.25) is 30.1 Å². The third-order valence-corrected chi connectivity index (χ3v) is 6.30. The van der Waals surface area contributed by atoms with Crippen molar-refractivity contribution in [2.45, 2.75) is 39.0 Å². The number of hydrogen-bond donors (Lipinski definition) is 4. The quantitative estimate of drug-likeness (QED) is 0.360. The van der Waals surface area contributed by atoms with Crippen LogP contribution in [0.25, 0.3) is 0 Å². The predicted molar refractivity (Wildman–Crippen MR) is 126 cm³/mol. The van der Waals surface area contributed by atoms with Crippen LogP contribution in [0.2, 0.25) is 0 Å². The summed E-state index contributed by atoms with van der Waals surface area (Å²) in [6.45, 7) is 3.60. The highest BCUT2D eigenvalue weighted by Crippen LogP contribution is 2.27. The molecule has 2 atom stereocenters. The van der Waals surface area contributed by atoms with Crippen molar-refractivity contribution in [3.63, 3.8) is 0 Å². The fraction of sp³-hybridized carbons (Fsp3) is 0.364. The minimum atomic E-state index is -0.948. The summed E-state index contributed by atoms with van der Waals surface area (Å²) in [6.07, 6.45) is -0.0839. The predicted octanol–water partition coefficient (Wildman–Crippen LogP) is 2.25. The number of aromatic nitrogens is 1. The maximum absolute atomic E-state index is 13.9. The van der Waals surface area contributed by atoms with Crippen LogP contribution in [0.3, 0.4) is 0 Å². The van der Waals surface area contributed by atoms with Gasteiger partial charge in [-0.1, -0.05) is 17.8 Å². The molecule has 182 valence electrons. The molecule has 0 aliphatic carbocycles. The van der Waals surface area contributed by atoms with Crippen LogP contribution >= 0.6 is 11.8 Å². The lowest BCUT2D eigenvalue weighted by Gasteiger charge is -2.45. The number of carbonyl (C=O) groups excluding carboxylic acids is 1. The van der Waals surface area contributed by atoms with E-state index in [1.165, 1.54) is 21.8 Å². The number of halogens is 2. The number of thioether (sulfide) groups is 1. The summed E-state index contributed by atoms with van der Waals surface area (Å²) in [7, 11) is 1.62. The number of aliphatic hydroxyl groups excluding tert-OH is 1. The van der Waals surface area contributed by atoms with Gasteiger partial charge in [0.2, 0.25) is 5.43 Å². The second-order valence-corrected chi connectivity index (χ2v) is 9.02. The summed E-state index contributed by atoms with van der Waals surface area (Å²) in [5, 5.41) is 37.9. The van der Waals surface area contributed by atoms with E-state index < -0.39 is 41.0 Å². The fourth-order valence-corrected chi connectivity index (χ4v) is 4.54. The van der Waals surface area contributed by atoms with Gasteiger partial charge in [0.15, 0.2) is 11.4 Å². The van der Waals surface area contributed by atoms with Crippen molar-refractivity contribution in [1.29, 1.82) is 10.8 Å². The van der Waals surface area contributed by atoms with Gasteiger partial charge >= 0.3 is 0 Å². The van der Waals surface area contributed by atoms with Crippen LogP contribution < -0.4 is 10.4 Å². The Balaban J connectivity index is 1.93. The molecule has 34 heavy (non-hydrogen) atoms. The van der Waals surface area contributed by atoms with E-state index in [1.807, 2.05) is 0 Å². The van der Waals surface area contributed by atoms with E-state index >= 15 is 0 Å². The number of carbonyl (C=O) groups is 1. The number of nitrogens with one attached hydrogen (secondary N) is 2. The second kappa shape index (κ2) is 9.94. The minimum Gasteiger partial charge on any atom is -0.502 e. The normalized spacial score (nSPS) is 16.4. The fourth-order valence-electron chi connectivity index (χ4n) is 3.81. The van der Waals surface area contributed by atoms with E-state index in [2.05, 4.69) is 0 Å². The summed E-state index contributed by atoms with van der Waals surface area (Å²) in [6, 6.07) is 2.96. The lowest BCUT2D eigenvalue weighted by Crippen LogP contribution is -2.60. The van der Waals surface area contributed by atoms with E-state index in [4.69, 9.17) is 10.8 Å². The number of hydrogen-bond acceptors (Lipinski definition) is 8. The standard InChI is InChI=1S/C22H25F2N5O4S/c1-4-28-17(7-11(2)30)27(3)29-10-14(19(31)20(32)18(29)22(28)33)21(26)34-16(25)8-12-5-6-13(23)9-15(12)24/h5-6,9-11,17,25-26,30,32H,4,7-8H2,1-3H3. The molecule has 12 heteroatoms. The van der Waals surface area contributed by atoms with Gasteiger partial charge in [0, 0.05) is 38.7 Å². The molecule has 9 nitrogen and oxygen atoms in total. The zero-order chi connectivity index (χ0) is 25.3. The Hall–Kier alpha value is -3.25. The molecule has 3 rings (SSSR count). The Morgan fingerprint density at radius 2 is 1.94 bits per heavy atom. The van der Waals surface area contributed by atoms with Gasteiger partial charge in [0.1, 0.15) is 22.8 Å². The third-order valence-electron chi connectivity index (χ3n) is 5.49. The maximum atomic E-state index is 13.9. The van der Waals surface area contributed by atoms with E-state index in [0.717, 1.165) is 6.07 Å². The average Bonchev–Trinajstić information content (AvgIpc) is 2.75. The molecule has 0 bridgehead atoms. The number of nitrogens with zero attached hydrogens (tertiary/aromatic N) is 3. The number of pyridine rings is 1. The highest BCUT2D eigenvalue weighted by Gasteiger charge is 2.38. The molecule has 0 saturated heterocycles. The van der Waals surface area contributed by atoms with Crippen LogP contribution in [-0.4, -0.2) is 61.6 Å². The van der Waals surface area contributed by atoms with Crippen LogP contribution in [-0.2, 0) is 6.42 Å². The molecule has 1 aromatic heterocycles. The van der Waals surface area contributed by atoms with Gasteiger partial charge in [-0.05, 0) is 25.5 Å². The Labute approximate surface area is 198 Å². The van der Waals surface area contributed by atoms with Crippen molar-refractivity contribution in [1.82, 2.24) is 9.58 Å². The molecule has 0 fully saturated rings. The molecular weight excluding hydrogens is 468 g/mol. The van der Waals surface area contributed by atoms with Gasteiger partial charge in [-0.25, -0.2) is 8.78 Å². The highest BCUT2D eigenvalue weighted by atomic mass is 32.2. The minimum absolute atomic E-state index is 0.0580. The summed E-state index contributed by atoms with van der Waals surface area (Å²) in [5.74, 6) is -3.00. The van der Waals surface area contributed by atoms with E-state index in [1.54, 1.807) is 25.9 Å². The first-order valence-corrected chi connectivity index (χ1v) is 11.3. The Morgan fingerprint density at radius 3 is 2.53 bits per heavy atom. The summed E-state index contributed by atoms with van der Waals surface area (Å²) in [5.41, 5.74) is -1.41. The molecule has 1 aliphatic rings. The molecule has 1 amide bonds. The molecule has 2 heterocycles. The lowest BCUT2D eigenvalue weighted by atomic mass is 10.1. The number of aromatic hydroxyl groups is 1. The summed E-state index contributed by atoms with van der Waals surface area (Å²) in [4.78, 5) is 27.2. The molecule has 0 saturated carbocycles. The number of amides is 1. The van der Waals surface area contributed by atoms with Gasteiger partial charge in [0.25, 0.3) is 5.91 Å². The Kier molecular flexibility index (Phi) is 7.41. The smallest absolute Gasteiger partial charge is 0.278 e. The highest BCUT2D eigenvalue weighted by molar-refractivity contribution is 8.26. The van der Waals surface area contributed by atoms with Crippen LogP contribution in [0, 0.1) is 22.5 Å². The van der Waals surface area contributed by atoms with Crippen molar-refractivity contribution < 1.29 is 23.8 Å². The Bertz CT molecular complexity index is 1220. The monoisotopic (exact) mass is 493 g/mol. The van der Waals surface area contributed by atoms with Crippen molar-refractivity contribution in [2.75, 3.05) is 18.6 Å². The molecule has 1 aliphatic heterocycles. The topological polar surface area (TPSA) is 134 Å². The maximum Gasteiger partial charge on any atom is 0.278 e. The second-order valence-electron chi connectivity index (χ2n) is 7.91. The van der Waals surface area contributed by atoms with E-state index in [9.17, 15) is 28.6 Å². The first kappa shape index (κ1) is 25.4. The molecule has 0 spiro atoms. The molecular formula is C22H25F2N5O4S. The van der Waals surface area contributed by atoms with E-state index in [-0.39, 0.29) is 46.3 Å². The molecule has 2 aromatic rings. The molecule has 0 radical (unpaired) electrons. The van der Waals surface area contributed by atoms with Gasteiger partial charge in [0.05, 0.1) is 16.7 Å². The number of rotatable bonds is 6. The lowest BCUT2D eigenvalue weighted by molar-refractivity contribution is 0.0496. The third kappa shape index (κ3) is 4.82. The first-order valence-electron chi connectivity index (χ1n) is 10.4. The van der Waals surface area contributed by atoms with Crippen LogP contribution in [0.15, 0.2) is 29.2 Å². The van der Waals surface area contributed by atoms with Crippen LogP contribution in [0.5, 0.6) is 5.75 Å². The zero-order valence-electron chi connectivity index (χ0n) is 18.8. The first-order chi connectivity index (χ1) is 16.0. The van der Waals surface area contributed by atoms with Gasteiger partial charge < -0.3 is 15.1 Å². The summed E-state index contributed by atoms with van der Waals surface area (Å²) >= 11 is 0.580. The molecule has 4 N–H and O–H groups in total. The van der Waals surface area contributed by atoms with Crippen LogP contribution in [0.1, 0.15) is 41.9 Å². The largest absolute Gasteiger partial charge is 0.502 e. The van der Waals surface area contributed by atoms with Crippen molar-refractivity contribution in [3.8, 4) is 5.75 Å². The summed E-state index contributed by atoms with van der Waals surface area (Å²) < 4.78 is 28.3. The van der Waals surface area contributed by atoms with Gasteiger partial charge in [-0.2, -0.15) is 0 Å². The van der Waals surface area contributed by atoms with E-state index in [0.29, 0.717) is 17.8 Å². The number of fused-ring (bicyclic) bond motifs is 1.